The summed E-state index contributed by atoms with van der Waals surface area (Å²) in [6.07, 6.45) is 47.5. The number of carbonyl (C=O) groups is 4. The van der Waals surface area contributed by atoms with Crippen LogP contribution in [-0.4, -0.2) is 96.7 Å². The number of unbranched alkanes of at least 4 members (excludes halogenated alkanes) is 37. The summed E-state index contributed by atoms with van der Waals surface area (Å²) in [5, 5.41) is 10.6. The van der Waals surface area contributed by atoms with Gasteiger partial charge in [0, 0.05) is 25.7 Å². The van der Waals surface area contributed by atoms with Gasteiger partial charge in [0.1, 0.15) is 19.3 Å². The van der Waals surface area contributed by atoms with Gasteiger partial charge in [0.15, 0.2) is 12.2 Å². The molecule has 0 aromatic rings. The first-order valence-electron chi connectivity index (χ1n) is 38.2. The summed E-state index contributed by atoms with van der Waals surface area (Å²) in [7, 11) is -9.91. The van der Waals surface area contributed by atoms with E-state index in [0.717, 1.165) is 115 Å². The first-order chi connectivity index (χ1) is 44.6. The number of phosphoric ester groups is 2. The average Bonchev–Trinajstić information content (AvgIpc) is 1.80. The SMILES string of the molecule is CC(C)CCCCCCCCCCCCCCCCCCC(=O)O[C@H](COC(=O)CCCCCCCCCC(C)C)COP(=O)(O)OC[C@@H](O)COP(=O)(O)OC[C@@H](COC(=O)CCCCCCCCC(C)C)OC(=O)CCCCCCCCCCCCCCC(C)C. The molecular formula is C74H144O17P2. The van der Waals surface area contributed by atoms with Crippen molar-refractivity contribution in [3.8, 4) is 0 Å². The molecule has 0 amide bonds. The lowest BCUT2D eigenvalue weighted by Crippen LogP contribution is -2.30. The zero-order valence-corrected chi connectivity index (χ0v) is 62.7. The number of aliphatic hydroxyl groups is 1. The zero-order chi connectivity index (χ0) is 68.9. The average molecular weight is 1370 g/mol. The third-order valence-corrected chi connectivity index (χ3v) is 19.0. The van der Waals surface area contributed by atoms with Crippen molar-refractivity contribution >= 4 is 39.5 Å². The predicted octanol–water partition coefficient (Wildman–Crippen LogP) is 21.3. The van der Waals surface area contributed by atoms with Gasteiger partial charge in [-0.05, 0) is 49.4 Å². The second-order valence-corrected chi connectivity index (χ2v) is 31.5. The Hall–Kier alpha value is -1.94. The highest BCUT2D eigenvalue weighted by Crippen LogP contribution is 2.45. The predicted molar refractivity (Wildman–Crippen MR) is 377 cm³/mol. The van der Waals surface area contributed by atoms with Crippen molar-refractivity contribution in [2.75, 3.05) is 39.6 Å². The van der Waals surface area contributed by atoms with E-state index < -0.39 is 97.5 Å². The molecule has 19 heteroatoms. The van der Waals surface area contributed by atoms with Gasteiger partial charge < -0.3 is 33.8 Å². The summed E-state index contributed by atoms with van der Waals surface area (Å²) in [4.78, 5) is 72.6. The van der Waals surface area contributed by atoms with Gasteiger partial charge in [-0.2, -0.15) is 0 Å². The van der Waals surface area contributed by atoms with Crippen LogP contribution in [0.5, 0.6) is 0 Å². The molecule has 3 N–H and O–H groups in total. The lowest BCUT2D eigenvalue weighted by atomic mass is 10.0. The molecule has 552 valence electrons. The lowest BCUT2D eigenvalue weighted by Gasteiger charge is -2.21. The molecule has 0 aromatic carbocycles. The van der Waals surface area contributed by atoms with E-state index in [1.165, 1.54) is 161 Å². The van der Waals surface area contributed by atoms with Crippen molar-refractivity contribution in [3.63, 3.8) is 0 Å². The monoisotopic (exact) mass is 1370 g/mol. The van der Waals surface area contributed by atoms with Crippen LogP contribution in [0.1, 0.15) is 370 Å². The number of rotatable bonds is 71. The second kappa shape index (κ2) is 63.5. The molecule has 2 unspecified atom stereocenters. The Morgan fingerprint density at radius 2 is 0.452 bits per heavy atom. The van der Waals surface area contributed by atoms with E-state index in [-0.39, 0.29) is 25.7 Å². The molecule has 0 spiro atoms. The molecule has 0 aliphatic rings. The van der Waals surface area contributed by atoms with E-state index in [0.29, 0.717) is 37.5 Å². The van der Waals surface area contributed by atoms with Crippen LogP contribution in [0.25, 0.3) is 0 Å². The van der Waals surface area contributed by atoms with Crippen LogP contribution in [0, 0.1) is 23.7 Å². The van der Waals surface area contributed by atoms with Gasteiger partial charge in [-0.1, -0.05) is 319 Å². The molecule has 0 radical (unpaired) electrons. The first kappa shape index (κ1) is 91.1. The zero-order valence-electron chi connectivity index (χ0n) is 60.9. The summed E-state index contributed by atoms with van der Waals surface area (Å²) in [6.45, 7) is 14.1. The summed E-state index contributed by atoms with van der Waals surface area (Å²) < 4.78 is 68.4. The normalized spacial score (nSPS) is 14.2. The first-order valence-corrected chi connectivity index (χ1v) is 41.2. The van der Waals surface area contributed by atoms with Crippen LogP contribution in [-0.2, 0) is 65.4 Å². The van der Waals surface area contributed by atoms with E-state index in [2.05, 4.69) is 55.4 Å². The van der Waals surface area contributed by atoms with Crippen LogP contribution in [0.4, 0.5) is 0 Å². The number of hydrogen-bond acceptors (Lipinski definition) is 15. The largest absolute Gasteiger partial charge is 0.472 e. The fourth-order valence-electron chi connectivity index (χ4n) is 11.2. The van der Waals surface area contributed by atoms with Gasteiger partial charge in [-0.3, -0.25) is 37.3 Å². The quantitative estimate of drug-likeness (QED) is 0.0222. The molecule has 0 aromatic heterocycles. The molecule has 0 saturated heterocycles. The van der Waals surface area contributed by atoms with Crippen molar-refractivity contribution < 1.29 is 80.2 Å². The molecule has 0 heterocycles. The van der Waals surface area contributed by atoms with Gasteiger partial charge in [-0.25, -0.2) is 9.13 Å². The van der Waals surface area contributed by atoms with Gasteiger partial charge in [-0.15, -0.1) is 0 Å². The second-order valence-electron chi connectivity index (χ2n) is 28.6. The van der Waals surface area contributed by atoms with Gasteiger partial charge in [0.05, 0.1) is 26.4 Å². The minimum atomic E-state index is -4.95. The fraction of sp³-hybridized carbons (Fsp3) is 0.946. The van der Waals surface area contributed by atoms with E-state index in [1.807, 2.05) is 0 Å². The van der Waals surface area contributed by atoms with Crippen molar-refractivity contribution in [2.45, 2.75) is 388 Å². The molecule has 17 nitrogen and oxygen atoms in total. The van der Waals surface area contributed by atoms with Gasteiger partial charge in [0.2, 0.25) is 0 Å². The van der Waals surface area contributed by atoms with Gasteiger partial charge >= 0.3 is 39.5 Å². The number of hydrogen-bond donors (Lipinski definition) is 3. The Morgan fingerprint density at radius 1 is 0.269 bits per heavy atom. The summed E-state index contributed by atoms with van der Waals surface area (Å²) in [5.41, 5.74) is 0. The van der Waals surface area contributed by atoms with E-state index >= 15 is 0 Å². The lowest BCUT2D eigenvalue weighted by molar-refractivity contribution is -0.161. The number of aliphatic hydroxyl groups excluding tert-OH is 1. The highest BCUT2D eigenvalue weighted by atomic mass is 31.2. The number of esters is 4. The smallest absolute Gasteiger partial charge is 0.462 e. The Kier molecular flexibility index (Phi) is 62.2. The maximum Gasteiger partial charge on any atom is 0.472 e. The van der Waals surface area contributed by atoms with Crippen molar-refractivity contribution in [1.29, 1.82) is 0 Å². The number of ether oxygens (including phenoxy) is 4. The number of phosphoric acid groups is 2. The van der Waals surface area contributed by atoms with Crippen LogP contribution in [0.3, 0.4) is 0 Å². The Balaban J connectivity index is 5.19. The molecule has 0 aliphatic heterocycles. The van der Waals surface area contributed by atoms with E-state index in [1.54, 1.807) is 0 Å². The standard InChI is InChI=1S/C74H144O17P2/c1-64(2)50-42-34-26-21-17-13-11-9-10-12-14-19-23-29-40-48-56-73(78)90-69(60-84-71(76)54-46-38-31-25-28-36-44-52-66(5)6)62-88-92(80,81)86-58-68(75)59-87-93(82,83)89-63-70(61-85-72(77)55-47-39-33-32-37-45-53-67(7)8)91-74(79)57-49-41-30-24-20-16-15-18-22-27-35-43-51-65(3)4/h64-70,75H,9-63H2,1-8H3,(H,80,81)(H,82,83)/t68-,69-,70-/m1/s1. The molecule has 0 bridgehead atoms. The molecule has 93 heavy (non-hydrogen) atoms. The molecule has 0 fully saturated rings. The highest BCUT2D eigenvalue weighted by Gasteiger charge is 2.30. The third-order valence-electron chi connectivity index (χ3n) is 17.1. The molecule has 5 atom stereocenters. The molecule has 0 saturated carbocycles. The minimum absolute atomic E-state index is 0.105. The summed E-state index contributed by atoms with van der Waals surface area (Å²) in [5.74, 6) is 0.844. The minimum Gasteiger partial charge on any atom is -0.462 e. The van der Waals surface area contributed by atoms with Crippen molar-refractivity contribution in [1.82, 2.24) is 0 Å². The maximum absolute atomic E-state index is 13.0. The topological polar surface area (TPSA) is 237 Å². The van der Waals surface area contributed by atoms with Crippen LogP contribution in [0.15, 0.2) is 0 Å². The molecule has 0 aliphatic carbocycles. The number of carbonyl (C=O) groups excluding carboxylic acids is 4. The van der Waals surface area contributed by atoms with Crippen molar-refractivity contribution in [2.24, 2.45) is 23.7 Å². The highest BCUT2D eigenvalue weighted by molar-refractivity contribution is 7.47. The fourth-order valence-corrected chi connectivity index (χ4v) is 12.8. The molecular weight excluding hydrogens is 1220 g/mol. The van der Waals surface area contributed by atoms with Crippen LogP contribution >= 0.6 is 15.6 Å². The Labute approximate surface area is 568 Å². The van der Waals surface area contributed by atoms with Crippen LogP contribution in [0.2, 0.25) is 0 Å². The van der Waals surface area contributed by atoms with E-state index in [4.69, 9.17) is 37.0 Å². The van der Waals surface area contributed by atoms with Crippen LogP contribution < -0.4 is 0 Å². The summed E-state index contributed by atoms with van der Waals surface area (Å²) in [6, 6.07) is 0. The van der Waals surface area contributed by atoms with Gasteiger partial charge in [0.25, 0.3) is 0 Å². The summed E-state index contributed by atoms with van der Waals surface area (Å²) >= 11 is 0. The van der Waals surface area contributed by atoms with E-state index in [9.17, 15) is 43.2 Å². The molecule has 0 rings (SSSR count). The van der Waals surface area contributed by atoms with Crippen molar-refractivity contribution in [3.05, 3.63) is 0 Å². The maximum atomic E-state index is 13.0. The Morgan fingerprint density at radius 3 is 0.667 bits per heavy atom. The third kappa shape index (κ3) is 68.4. The Bertz CT molecular complexity index is 1830.